The van der Waals surface area contributed by atoms with Crippen LogP contribution in [0.4, 0.5) is 5.95 Å². The van der Waals surface area contributed by atoms with Gasteiger partial charge in [-0.1, -0.05) is 52.4 Å². The Morgan fingerprint density at radius 1 is 1.09 bits per heavy atom. The van der Waals surface area contributed by atoms with Crippen LogP contribution in [0.25, 0.3) is 0 Å². The highest BCUT2D eigenvalue weighted by molar-refractivity contribution is 7.83. The van der Waals surface area contributed by atoms with Gasteiger partial charge in [-0.15, -0.1) is 5.10 Å². The maximum atomic E-state index is 13.0. The van der Waals surface area contributed by atoms with E-state index in [1.54, 1.807) is 30.6 Å². The van der Waals surface area contributed by atoms with Crippen LogP contribution in [0.5, 0.6) is 0 Å². The molecule has 5 rings (SSSR count). The van der Waals surface area contributed by atoms with E-state index in [4.69, 9.17) is 31.0 Å². The van der Waals surface area contributed by atoms with Crippen molar-refractivity contribution in [2.75, 3.05) is 24.5 Å². The number of anilines is 1. The smallest absolute Gasteiger partial charge is 0.225 e. The molecule has 2 radical (unpaired) electrons. The number of hydrazone groups is 1. The van der Waals surface area contributed by atoms with Gasteiger partial charge in [0.1, 0.15) is 7.85 Å². The first-order chi connectivity index (χ1) is 16.9. The first-order valence-electron chi connectivity index (χ1n) is 11.2. The van der Waals surface area contributed by atoms with E-state index in [9.17, 15) is 4.21 Å². The first-order valence-corrected chi connectivity index (χ1v) is 13.1. The average Bonchev–Trinajstić information content (AvgIpc) is 3.61. The summed E-state index contributed by atoms with van der Waals surface area (Å²) in [4.78, 5) is 16.7. The number of hydrogen-bond donors (Lipinski definition) is 1. The Kier molecular flexibility index (Phi) is 6.74. The topological polar surface area (TPSA) is 73.7 Å². The van der Waals surface area contributed by atoms with Gasteiger partial charge in [-0.25, -0.2) is 19.0 Å². The Balaban J connectivity index is 1.46. The van der Waals surface area contributed by atoms with Gasteiger partial charge >= 0.3 is 0 Å². The second kappa shape index (κ2) is 9.80. The predicted octanol–water partition coefficient (Wildman–Crippen LogP) is 3.21. The zero-order valence-electron chi connectivity index (χ0n) is 19.1. The van der Waals surface area contributed by atoms with E-state index in [0.717, 1.165) is 24.9 Å². The third kappa shape index (κ3) is 5.03. The molecule has 1 aromatic heterocycles. The van der Waals surface area contributed by atoms with Gasteiger partial charge in [-0.05, 0) is 44.0 Å². The van der Waals surface area contributed by atoms with Crippen LogP contribution in [-0.4, -0.2) is 57.9 Å². The highest BCUT2D eigenvalue weighted by Crippen LogP contribution is 2.46. The number of piperazine rings is 1. The van der Waals surface area contributed by atoms with Crippen molar-refractivity contribution in [1.82, 2.24) is 19.7 Å². The van der Waals surface area contributed by atoms with Gasteiger partial charge in [0, 0.05) is 32.0 Å². The summed E-state index contributed by atoms with van der Waals surface area (Å²) in [6.45, 7) is 4.03. The van der Waals surface area contributed by atoms with Crippen LogP contribution >= 0.6 is 23.2 Å². The fraction of sp³-hybridized carbons (Fsp3) is 0.292. The zero-order chi connectivity index (χ0) is 24.6. The molecule has 1 aliphatic carbocycles. The van der Waals surface area contributed by atoms with Crippen molar-refractivity contribution < 1.29 is 4.21 Å². The molecule has 0 amide bonds. The lowest BCUT2D eigenvalue weighted by molar-refractivity contribution is 0.258. The number of amidine groups is 1. The molecule has 0 bridgehead atoms. The summed E-state index contributed by atoms with van der Waals surface area (Å²) in [7, 11) is 4.22. The van der Waals surface area contributed by atoms with E-state index < -0.39 is 11.0 Å². The molecule has 3 aromatic rings. The molecule has 1 spiro atoms. The molecule has 1 aliphatic heterocycles. The molecule has 2 heterocycles. The van der Waals surface area contributed by atoms with Gasteiger partial charge in [0.2, 0.25) is 5.95 Å². The molecule has 178 valence electrons. The SMILES string of the molecule is [B]c1cnc(N2CCN(/C(=N\NS(=O)c3ccc(C)cc3)c3c(Cl)cccc3Cl)C3(CC3)C2)nc1. The lowest BCUT2D eigenvalue weighted by Gasteiger charge is -2.44. The van der Waals surface area contributed by atoms with Crippen molar-refractivity contribution in [3.05, 3.63) is 76.0 Å². The molecule has 1 N–H and O–H groups in total. The summed E-state index contributed by atoms with van der Waals surface area (Å²) in [6, 6.07) is 12.9. The van der Waals surface area contributed by atoms with Crippen LogP contribution in [-0.2, 0) is 11.0 Å². The second-order valence-corrected chi connectivity index (χ2v) is 10.8. The third-order valence-electron chi connectivity index (χ3n) is 6.33. The summed E-state index contributed by atoms with van der Waals surface area (Å²) in [5, 5.41) is 5.61. The molecular weight excluding hydrogens is 502 g/mol. The predicted molar refractivity (Wildman–Crippen MR) is 142 cm³/mol. The molecule has 2 fully saturated rings. The van der Waals surface area contributed by atoms with Gasteiger partial charge in [0.05, 0.1) is 26.0 Å². The van der Waals surface area contributed by atoms with Crippen molar-refractivity contribution in [3.8, 4) is 0 Å². The minimum absolute atomic E-state index is 0.169. The molecule has 1 saturated carbocycles. The average molecular weight is 525 g/mol. The number of hydrogen-bond acceptors (Lipinski definition) is 5. The van der Waals surface area contributed by atoms with E-state index in [1.165, 1.54) is 0 Å². The maximum absolute atomic E-state index is 13.0. The molecule has 1 unspecified atom stereocenters. The van der Waals surface area contributed by atoms with Crippen LogP contribution in [0.2, 0.25) is 10.0 Å². The van der Waals surface area contributed by atoms with Gasteiger partial charge in [0.15, 0.2) is 16.8 Å². The van der Waals surface area contributed by atoms with Crippen molar-refractivity contribution in [1.29, 1.82) is 0 Å². The third-order valence-corrected chi connectivity index (χ3v) is 7.92. The van der Waals surface area contributed by atoms with Gasteiger partial charge < -0.3 is 9.80 Å². The minimum Gasteiger partial charge on any atom is -0.345 e. The van der Waals surface area contributed by atoms with Gasteiger partial charge in [-0.3, -0.25) is 0 Å². The van der Waals surface area contributed by atoms with Crippen LogP contribution in [0.1, 0.15) is 24.0 Å². The number of aryl methyl sites for hydroxylation is 1. The molecule has 1 atom stereocenters. The summed E-state index contributed by atoms with van der Waals surface area (Å²) in [5.74, 6) is 1.23. The number of halogens is 2. The quantitative estimate of drug-likeness (QED) is 0.240. The first kappa shape index (κ1) is 24.1. The molecule has 35 heavy (non-hydrogen) atoms. The van der Waals surface area contributed by atoms with E-state index >= 15 is 0 Å². The fourth-order valence-electron chi connectivity index (χ4n) is 4.31. The monoisotopic (exact) mass is 524 g/mol. The summed E-state index contributed by atoms with van der Waals surface area (Å²) in [5.41, 5.74) is 2.07. The number of nitrogens with zero attached hydrogens (tertiary/aromatic N) is 5. The number of nitrogens with one attached hydrogen (secondary N) is 1. The molecule has 2 aromatic carbocycles. The number of rotatable bonds is 5. The largest absolute Gasteiger partial charge is 0.345 e. The molecule has 11 heteroatoms. The Hall–Kier alpha value is -2.62. The highest BCUT2D eigenvalue weighted by atomic mass is 35.5. The Morgan fingerprint density at radius 2 is 1.74 bits per heavy atom. The number of benzene rings is 2. The van der Waals surface area contributed by atoms with E-state index in [1.807, 2.05) is 31.2 Å². The van der Waals surface area contributed by atoms with Crippen molar-refractivity contribution in [3.63, 3.8) is 0 Å². The van der Waals surface area contributed by atoms with E-state index in [-0.39, 0.29) is 5.54 Å². The lowest BCUT2D eigenvalue weighted by atomic mass is 10.0. The summed E-state index contributed by atoms with van der Waals surface area (Å²) in [6.07, 6.45) is 5.19. The summed E-state index contributed by atoms with van der Waals surface area (Å²) < 4.78 is 13.0. The normalized spacial score (nSPS) is 18.0. The molecule has 2 aliphatic rings. The standard InChI is InChI=1S/C24H23BCl2N6OS/c1-16-5-7-18(8-6-16)35(34)31-30-22(21-19(26)3-2-4-20(21)27)33-12-11-32(15-24(33)9-10-24)23-28-13-17(25)14-29-23/h2-8,13-14,31H,9-12,15H2,1H3/b30-22-. The highest BCUT2D eigenvalue weighted by Gasteiger charge is 2.53. The van der Waals surface area contributed by atoms with E-state index in [0.29, 0.717) is 50.8 Å². The van der Waals surface area contributed by atoms with Crippen LogP contribution in [0.15, 0.2) is 64.9 Å². The fourth-order valence-corrected chi connectivity index (χ4v) is 5.53. The molecular formula is C24H23BCl2N6OS. The van der Waals surface area contributed by atoms with Crippen molar-refractivity contribution in [2.24, 2.45) is 5.10 Å². The summed E-state index contributed by atoms with van der Waals surface area (Å²) >= 11 is 13.2. The lowest BCUT2D eigenvalue weighted by Crippen LogP contribution is -2.58. The van der Waals surface area contributed by atoms with Crippen molar-refractivity contribution in [2.45, 2.75) is 30.2 Å². The Morgan fingerprint density at radius 3 is 2.37 bits per heavy atom. The molecule has 1 saturated heterocycles. The maximum Gasteiger partial charge on any atom is 0.225 e. The van der Waals surface area contributed by atoms with Crippen LogP contribution < -0.4 is 15.2 Å². The van der Waals surface area contributed by atoms with Crippen LogP contribution in [0, 0.1) is 6.92 Å². The Labute approximate surface area is 218 Å². The zero-order valence-corrected chi connectivity index (χ0v) is 21.4. The molecule has 7 nitrogen and oxygen atoms in total. The second-order valence-electron chi connectivity index (χ2n) is 8.82. The Bertz CT molecular complexity index is 1260. The minimum atomic E-state index is -1.54. The number of aromatic nitrogens is 2. The van der Waals surface area contributed by atoms with Gasteiger partial charge in [0.25, 0.3) is 0 Å². The van der Waals surface area contributed by atoms with Crippen molar-refractivity contribution >= 4 is 59.3 Å². The van der Waals surface area contributed by atoms with Gasteiger partial charge in [-0.2, -0.15) is 0 Å². The van der Waals surface area contributed by atoms with E-state index in [2.05, 4.69) is 29.7 Å². The van der Waals surface area contributed by atoms with Crippen LogP contribution in [0.3, 0.4) is 0 Å².